The Kier molecular flexibility index (Phi) is 5.38. The van der Waals surface area contributed by atoms with Crippen LogP contribution in [0.3, 0.4) is 0 Å². The number of nitrogens with two attached hydrogens (primary N) is 1. The van der Waals surface area contributed by atoms with E-state index in [-0.39, 0.29) is 0 Å². The Labute approximate surface area is 172 Å². The first kappa shape index (κ1) is 19.2. The SMILES string of the molecule is COC(C(N)=O)c1ccc(SN2C=C(Nc3cc(C)[nH]n3)[NH+]3C=CN=C3C2)cc1. The van der Waals surface area contributed by atoms with E-state index >= 15 is 0 Å². The maximum absolute atomic E-state index is 11.5. The average Bonchev–Trinajstić information content (AvgIpc) is 3.32. The lowest BCUT2D eigenvalue weighted by Gasteiger charge is -2.27. The molecule has 0 aliphatic carbocycles. The average molecular weight is 412 g/mol. The van der Waals surface area contributed by atoms with Crippen molar-refractivity contribution in [3.8, 4) is 0 Å². The van der Waals surface area contributed by atoms with Crippen LogP contribution in [0.4, 0.5) is 5.82 Å². The van der Waals surface area contributed by atoms with Crippen LogP contribution in [-0.4, -0.2) is 39.9 Å². The molecular weight excluding hydrogens is 390 g/mol. The van der Waals surface area contributed by atoms with E-state index in [0.29, 0.717) is 6.54 Å². The number of primary amides is 1. The van der Waals surface area contributed by atoms with E-state index in [9.17, 15) is 4.79 Å². The summed E-state index contributed by atoms with van der Waals surface area (Å²) >= 11 is 1.58. The first-order chi connectivity index (χ1) is 14.0. The number of benzene rings is 1. The maximum atomic E-state index is 11.5. The van der Waals surface area contributed by atoms with E-state index in [1.807, 2.05) is 55.9 Å². The number of ether oxygens (including phenoxy) is 1. The predicted octanol–water partition coefficient (Wildman–Crippen LogP) is 0.893. The third kappa shape index (κ3) is 4.19. The van der Waals surface area contributed by atoms with E-state index in [0.717, 1.165) is 38.5 Å². The first-order valence-corrected chi connectivity index (χ1v) is 9.79. The number of quaternary nitrogens is 1. The van der Waals surface area contributed by atoms with E-state index in [1.165, 1.54) is 7.11 Å². The molecule has 5 N–H and O–H groups in total. The molecule has 4 rings (SSSR count). The number of rotatable bonds is 7. The van der Waals surface area contributed by atoms with Crippen molar-refractivity contribution in [2.75, 3.05) is 19.0 Å². The predicted molar refractivity (Wildman–Crippen MR) is 111 cm³/mol. The molecule has 9 nitrogen and oxygen atoms in total. The molecule has 2 aliphatic heterocycles. The Morgan fingerprint density at radius 3 is 2.86 bits per heavy atom. The number of fused-ring (bicyclic) bond motifs is 1. The van der Waals surface area contributed by atoms with E-state index in [4.69, 9.17) is 10.5 Å². The zero-order valence-electron chi connectivity index (χ0n) is 16.0. The van der Waals surface area contributed by atoms with Gasteiger partial charge in [-0.05, 0) is 36.6 Å². The van der Waals surface area contributed by atoms with Crippen LogP contribution < -0.4 is 16.0 Å². The Balaban J connectivity index is 1.51. The van der Waals surface area contributed by atoms with Crippen LogP contribution in [0.1, 0.15) is 17.4 Å². The monoisotopic (exact) mass is 412 g/mol. The number of hydrogen-bond donors (Lipinski definition) is 4. The molecule has 0 spiro atoms. The van der Waals surface area contributed by atoms with Gasteiger partial charge in [0.1, 0.15) is 12.7 Å². The molecular formula is C19H22N7O2S+. The zero-order chi connectivity index (χ0) is 20.4. The van der Waals surface area contributed by atoms with Crippen LogP contribution in [-0.2, 0) is 9.53 Å². The van der Waals surface area contributed by atoms with Gasteiger partial charge in [-0.3, -0.25) is 19.5 Å². The summed E-state index contributed by atoms with van der Waals surface area (Å²) in [5.74, 6) is 2.19. The van der Waals surface area contributed by atoms with Crippen LogP contribution in [0.5, 0.6) is 0 Å². The van der Waals surface area contributed by atoms with Crippen LogP contribution in [0.2, 0.25) is 0 Å². The number of amides is 1. The number of amidine groups is 1. The van der Waals surface area contributed by atoms with Gasteiger partial charge in [0.25, 0.3) is 5.91 Å². The molecule has 2 aliphatic rings. The highest BCUT2D eigenvalue weighted by Crippen LogP contribution is 2.27. The molecule has 0 fully saturated rings. The summed E-state index contributed by atoms with van der Waals surface area (Å²) in [6, 6.07) is 9.55. The van der Waals surface area contributed by atoms with Gasteiger partial charge in [-0.25, -0.2) is 9.89 Å². The highest BCUT2D eigenvalue weighted by molar-refractivity contribution is 7.97. The standard InChI is InChI=1S/C19H21N7O2S/c1-12-9-15(24-23-12)22-17-11-25(10-16-21-7-8-26(16)17)29-14-5-3-13(4-6-14)18(28-2)19(20)27/h3-9,11,18H,10H2,1-2H3,(H2,20,27)(H2,22,23,24)/p+1. The Hall–Kier alpha value is -3.08. The summed E-state index contributed by atoms with van der Waals surface area (Å²) < 4.78 is 7.27. The number of nitrogens with zero attached hydrogens (tertiary/aromatic N) is 3. The fraction of sp³-hybridized carbons (Fsp3) is 0.211. The summed E-state index contributed by atoms with van der Waals surface area (Å²) in [6.45, 7) is 2.64. The van der Waals surface area contributed by atoms with E-state index in [1.54, 1.807) is 11.9 Å². The van der Waals surface area contributed by atoms with Crippen molar-refractivity contribution in [1.29, 1.82) is 0 Å². The molecule has 1 aromatic carbocycles. The van der Waals surface area contributed by atoms with Gasteiger partial charge in [0.2, 0.25) is 11.7 Å². The van der Waals surface area contributed by atoms with Crippen molar-refractivity contribution in [3.63, 3.8) is 0 Å². The Bertz CT molecular complexity index is 996. The molecule has 2 atom stereocenters. The molecule has 0 saturated carbocycles. The number of aryl methyl sites for hydroxylation is 1. The van der Waals surface area contributed by atoms with Crippen molar-refractivity contribution in [2.45, 2.75) is 17.9 Å². The molecule has 2 unspecified atom stereocenters. The molecule has 0 saturated heterocycles. The van der Waals surface area contributed by atoms with Gasteiger partial charge < -0.3 is 10.5 Å². The number of aliphatic imine (C=N–C) groups is 1. The summed E-state index contributed by atoms with van der Waals surface area (Å²) in [4.78, 5) is 18.0. The third-order valence-corrected chi connectivity index (χ3v) is 5.47. The second kappa shape index (κ2) is 8.11. The number of hydrogen-bond acceptors (Lipinski definition) is 7. The Morgan fingerprint density at radius 2 is 2.21 bits per heavy atom. The number of anilines is 1. The molecule has 1 amide bonds. The number of methoxy groups -OCH3 is 1. The zero-order valence-corrected chi connectivity index (χ0v) is 16.9. The largest absolute Gasteiger partial charge is 0.367 e. The number of H-pyrrole nitrogens is 1. The third-order valence-electron chi connectivity index (χ3n) is 4.52. The number of aromatic nitrogens is 2. The van der Waals surface area contributed by atoms with Gasteiger partial charge in [-0.2, -0.15) is 5.10 Å². The minimum atomic E-state index is -0.742. The minimum absolute atomic E-state index is 0.508. The lowest BCUT2D eigenvalue weighted by atomic mass is 10.1. The van der Waals surface area contributed by atoms with E-state index in [2.05, 4.69) is 24.8 Å². The molecule has 0 bridgehead atoms. The second-order valence-corrected chi connectivity index (χ2v) is 7.79. The normalized spacial score (nSPS) is 18.8. The summed E-state index contributed by atoms with van der Waals surface area (Å²) in [6.07, 6.45) is 5.12. The highest BCUT2D eigenvalue weighted by Gasteiger charge is 2.32. The molecule has 150 valence electrons. The van der Waals surface area contributed by atoms with E-state index < -0.39 is 12.0 Å². The van der Waals surface area contributed by atoms with Gasteiger partial charge in [0.05, 0.1) is 12.4 Å². The number of carbonyl (C=O) groups excluding carboxylic acids is 1. The van der Waals surface area contributed by atoms with Crippen LogP contribution in [0, 0.1) is 6.92 Å². The van der Waals surface area contributed by atoms with Crippen LogP contribution in [0.25, 0.3) is 0 Å². The maximum Gasteiger partial charge on any atom is 0.251 e. The molecule has 2 aromatic rings. The topological polar surface area (TPSA) is 113 Å². The fourth-order valence-electron chi connectivity index (χ4n) is 3.18. The molecule has 29 heavy (non-hydrogen) atoms. The van der Waals surface area contributed by atoms with Crippen molar-refractivity contribution < 1.29 is 14.4 Å². The summed E-state index contributed by atoms with van der Waals surface area (Å²) in [7, 11) is 1.47. The number of nitrogens with one attached hydrogen (secondary N) is 3. The van der Waals surface area contributed by atoms with Crippen molar-refractivity contribution in [3.05, 3.63) is 66.0 Å². The van der Waals surface area contributed by atoms with Gasteiger partial charge in [0, 0.05) is 23.8 Å². The minimum Gasteiger partial charge on any atom is -0.367 e. The van der Waals surface area contributed by atoms with Gasteiger partial charge in [0.15, 0.2) is 11.9 Å². The number of aromatic amines is 1. The lowest BCUT2D eigenvalue weighted by molar-refractivity contribution is -0.699. The molecule has 10 heteroatoms. The Morgan fingerprint density at radius 1 is 1.41 bits per heavy atom. The fourth-order valence-corrected chi connectivity index (χ4v) is 4.05. The first-order valence-electron chi connectivity index (χ1n) is 9.02. The summed E-state index contributed by atoms with van der Waals surface area (Å²) in [5.41, 5.74) is 7.09. The molecule has 1 aromatic heterocycles. The number of carbonyl (C=O) groups is 1. The molecule has 0 radical (unpaired) electrons. The summed E-state index contributed by atoms with van der Waals surface area (Å²) in [5, 5.41) is 10.5. The van der Waals surface area contributed by atoms with Gasteiger partial charge >= 0.3 is 0 Å². The van der Waals surface area contributed by atoms with Gasteiger partial charge in [-0.1, -0.05) is 12.1 Å². The quantitative estimate of drug-likeness (QED) is 0.503. The molecule has 3 heterocycles. The smallest absolute Gasteiger partial charge is 0.251 e. The van der Waals surface area contributed by atoms with Crippen molar-refractivity contribution >= 4 is 29.5 Å². The van der Waals surface area contributed by atoms with Crippen LogP contribution in [0.15, 0.2) is 64.6 Å². The highest BCUT2D eigenvalue weighted by atomic mass is 32.2. The van der Waals surface area contributed by atoms with Crippen molar-refractivity contribution in [1.82, 2.24) is 14.5 Å². The lowest BCUT2D eigenvalue weighted by Crippen LogP contribution is -3.10. The van der Waals surface area contributed by atoms with Gasteiger partial charge in [-0.15, -0.1) is 0 Å². The van der Waals surface area contributed by atoms with Crippen molar-refractivity contribution in [2.24, 2.45) is 10.7 Å². The van der Waals surface area contributed by atoms with Crippen LogP contribution >= 0.6 is 11.9 Å². The second-order valence-electron chi connectivity index (χ2n) is 6.66.